The Morgan fingerprint density at radius 2 is 1.61 bits per heavy atom. The second-order valence-electron chi connectivity index (χ2n) is 7.62. The van der Waals surface area contributed by atoms with Crippen molar-refractivity contribution in [3.63, 3.8) is 0 Å². The lowest BCUT2D eigenvalue weighted by atomic mass is 10.0. The van der Waals surface area contributed by atoms with Gasteiger partial charge in [-0.1, -0.05) is 42.5 Å². The summed E-state index contributed by atoms with van der Waals surface area (Å²) in [6, 6.07) is 20.7. The third kappa shape index (κ3) is 4.08. The van der Waals surface area contributed by atoms with E-state index >= 15 is 0 Å². The summed E-state index contributed by atoms with van der Waals surface area (Å²) < 4.78 is 12.7. The van der Waals surface area contributed by atoms with Gasteiger partial charge in [0.05, 0.1) is 11.1 Å². The minimum Gasteiger partial charge on any atom is -0.486 e. The van der Waals surface area contributed by atoms with Crippen molar-refractivity contribution < 1.29 is 19.1 Å². The monoisotopic (exact) mass is 440 g/mol. The average Bonchev–Trinajstić information content (AvgIpc) is 2.86. The van der Waals surface area contributed by atoms with Crippen LogP contribution in [0.15, 0.2) is 83.8 Å². The highest BCUT2D eigenvalue weighted by molar-refractivity contribution is 6.10. The number of aromatic nitrogens is 1. The Bertz CT molecular complexity index is 1430. The summed E-state index contributed by atoms with van der Waals surface area (Å²) in [6.07, 6.45) is 1.46. The predicted octanol–water partition coefficient (Wildman–Crippen LogP) is 3.64. The van der Waals surface area contributed by atoms with Crippen molar-refractivity contribution in [1.82, 2.24) is 4.57 Å². The summed E-state index contributed by atoms with van der Waals surface area (Å²) >= 11 is 0. The molecule has 1 aliphatic heterocycles. The maximum absolute atomic E-state index is 13.0. The molecule has 3 aromatic carbocycles. The number of hydrogen-bond donors (Lipinski definition) is 1. The van der Waals surface area contributed by atoms with Crippen molar-refractivity contribution in [2.24, 2.45) is 0 Å². The van der Waals surface area contributed by atoms with E-state index in [1.165, 1.54) is 6.20 Å². The van der Waals surface area contributed by atoms with Gasteiger partial charge in [-0.2, -0.15) is 0 Å². The first-order valence-corrected chi connectivity index (χ1v) is 10.5. The Hall–Kier alpha value is -4.39. The van der Waals surface area contributed by atoms with E-state index in [2.05, 4.69) is 5.32 Å². The van der Waals surface area contributed by atoms with Gasteiger partial charge in [-0.15, -0.1) is 0 Å². The number of pyridine rings is 1. The zero-order chi connectivity index (χ0) is 22.8. The van der Waals surface area contributed by atoms with Gasteiger partial charge >= 0.3 is 0 Å². The molecule has 1 aliphatic rings. The molecule has 7 heteroatoms. The lowest BCUT2D eigenvalue weighted by Crippen LogP contribution is -2.24. The molecular formula is C26H20N2O5. The molecule has 0 bridgehead atoms. The first kappa shape index (κ1) is 20.5. The van der Waals surface area contributed by atoms with Crippen LogP contribution in [0.3, 0.4) is 0 Å². The molecule has 0 saturated heterocycles. The largest absolute Gasteiger partial charge is 0.486 e. The number of para-hydroxylation sites is 1. The molecule has 7 nitrogen and oxygen atoms in total. The highest BCUT2D eigenvalue weighted by Crippen LogP contribution is 2.32. The van der Waals surface area contributed by atoms with Gasteiger partial charge in [0, 0.05) is 28.9 Å². The third-order valence-electron chi connectivity index (χ3n) is 5.41. The Labute approximate surface area is 189 Å². The zero-order valence-corrected chi connectivity index (χ0v) is 17.6. The van der Waals surface area contributed by atoms with Crippen LogP contribution in [0.25, 0.3) is 10.9 Å². The van der Waals surface area contributed by atoms with E-state index in [9.17, 15) is 14.4 Å². The SMILES string of the molecule is O=C(Cn1cc(C(=O)c2ccccc2)c(=O)c2ccccc21)Nc1ccc2c(c1)OCCO2. The van der Waals surface area contributed by atoms with E-state index in [0.29, 0.717) is 46.9 Å². The molecule has 5 rings (SSSR count). The molecule has 4 aromatic rings. The number of ether oxygens (including phenoxy) is 2. The number of nitrogens with zero attached hydrogens (tertiary/aromatic N) is 1. The number of amides is 1. The summed E-state index contributed by atoms with van der Waals surface area (Å²) in [4.78, 5) is 38.9. The van der Waals surface area contributed by atoms with Crippen LogP contribution in [0.2, 0.25) is 0 Å². The number of benzene rings is 3. The van der Waals surface area contributed by atoms with Crippen molar-refractivity contribution in [2.75, 3.05) is 18.5 Å². The van der Waals surface area contributed by atoms with Crippen LogP contribution in [0.1, 0.15) is 15.9 Å². The summed E-state index contributed by atoms with van der Waals surface area (Å²) in [6.45, 7) is 0.860. The number of carbonyl (C=O) groups excluding carboxylic acids is 2. The molecule has 0 unspecified atom stereocenters. The molecule has 0 radical (unpaired) electrons. The van der Waals surface area contributed by atoms with Crippen LogP contribution in [-0.4, -0.2) is 29.5 Å². The van der Waals surface area contributed by atoms with Crippen LogP contribution >= 0.6 is 0 Å². The van der Waals surface area contributed by atoms with Gasteiger partial charge in [0.1, 0.15) is 19.8 Å². The van der Waals surface area contributed by atoms with E-state index in [0.717, 1.165) is 0 Å². The quantitative estimate of drug-likeness (QED) is 0.479. The third-order valence-corrected chi connectivity index (χ3v) is 5.41. The van der Waals surface area contributed by atoms with Crippen molar-refractivity contribution in [2.45, 2.75) is 6.54 Å². The molecule has 1 aromatic heterocycles. The fourth-order valence-electron chi connectivity index (χ4n) is 3.86. The molecule has 164 valence electrons. The second kappa shape index (κ2) is 8.63. The van der Waals surface area contributed by atoms with Gasteiger partial charge in [0.15, 0.2) is 17.3 Å². The second-order valence-corrected chi connectivity index (χ2v) is 7.62. The number of carbonyl (C=O) groups is 2. The predicted molar refractivity (Wildman–Crippen MR) is 124 cm³/mol. The van der Waals surface area contributed by atoms with E-state index in [-0.39, 0.29) is 29.2 Å². The Morgan fingerprint density at radius 1 is 0.879 bits per heavy atom. The van der Waals surface area contributed by atoms with E-state index < -0.39 is 0 Å². The highest BCUT2D eigenvalue weighted by Gasteiger charge is 2.18. The molecule has 0 fully saturated rings. The zero-order valence-electron chi connectivity index (χ0n) is 17.6. The van der Waals surface area contributed by atoms with Crippen molar-refractivity contribution in [3.05, 3.63) is 100 Å². The average molecular weight is 440 g/mol. The maximum atomic E-state index is 13.0. The molecule has 0 atom stereocenters. The Balaban J connectivity index is 1.47. The summed E-state index contributed by atoms with van der Waals surface area (Å²) in [5.74, 6) is 0.518. The minimum atomic E-state index is -0.382. The fourth-order valence-corrected chi connectivity index (χ4v) is 3.86. The fraction of sp³-hybridized carbons (Fsp3) is 0.115. The van der Waals surface area contributed by atoms with Gasteiger partial charge in [-0.25, -0.2) is 0 Å². The van der Waals surface area contributed by atoms with Crippen molar-refractivity contribution in [1.29, 1.82) is 0 Å². The molecule has 1 N–H and O–H groups in total. The minimum absolute atomic E-state index is 0.0204. The lowest BCUT2D eigenvalue weighted by Gasteiger charge is -2.19. The van der Waals surface area contributed by atoms with E-state index in [1.807, 2.05) is 0 Å². The lowest BCUT2D eigenvalue weighted by molar-refractivity contribution is -0.116. The highest BCUT2D eigenvalue weighted by atomic mass is 16.6. The Morgan fingerprint density at radius 3 is 2.42 bits per heavy atom. The number of ketones is 1. The van der Waals surface area contributed by atoms with Crippen LogP contribution in [-0.2, 0) is 11.3 Å². The van der Waals surface area contributed by atoms with Crippen LogP contribution in [0.5, 0.6) is 11.5 Å². The maximum Gasteiger partial charge on any atom is 0.244 e. The summed E-state index contributed by atoms with van der Waals surface area (Å²) in [7, 11) is 0. The summed E-state index contributed by atoms with van der Waals surface area (Å²) in [5.41, 5.74) is 1.21. The molecule has 1 amide bonds. The molecule has 0 saturated carbocycles. The van der Waals surface area contributed by atoms with Crippen LogP contribution in [0.4, 0.5) is 5.69 Å². The number of rotatable bonds is 5. The Kier molecular flexibility index (Phi) is 5.36. The number of anilines is 1. The van der Waals surface area contributed by atoms with E-state index in [4.69, 9.17) is 9.47 Å². The van der Waals surface area contributed by atoms with Crippen molar-refractivity contribution in [3.8, 4) is 11.5 Å². The molecule has 0 spiro atoms. The number of fused-ring (bicyclic) bond motifs is 2. The van der Waals surface area contributed by atoms with Gasteiger partial charge in [0.2, 0.25) is 11.3 Å². The van der Waals surface area contributed by atoms with Gasteiger partial charge in [-0.3, -0.25) is 14.4 Å². The van der Waals surface area contributed by atoms with Gasteiger partial charge in [0.25, 0.3) is 0 Å². The topological polar surface area (TPSA) is 86.6 Å². The standard InChI is InChI=1S/C26H20N2O5/c29-24(27-18-10-11-22-23(14-18)33-13-12-32-22)16-28-15-20(25(30)17-6-2-1-3-7-17)26(31)19-8-4-5-9-21(19)28/h1-11,14-15H,12-13,16H2,(H,27,29). The molecule has 0 aliphatic carbocycles. The normalized spacial score (nSPS) is 12.4. The molecular weight excluding hydrogens is 420 g/mol. The summed E-state index contributed by atoms with van der Waals surface area (Å²) in [5, 5.41) is 3.22. The number of nitrogens with one attached hydrogen (secondary N) is 1. The first-order valence-electron chi connectivity index (χ1n) is 10.5. The molecule has 2 heterocycles. The van der Waals surface area contributed by atoms with E-state index in [1.54, 1.807) is 77.4 Å². The van der Waals surface area contributed by atoms with Crippen molar-refractivity contribution >= 4 is 28.3 Å². The smallest absolute Gasteiger partial charge is 0.244 e. The van der Waals surface area contributed by atoms with Crippen LogP contribution < -0.4 is 20.2 Å². The number of hydrogen-bond acceptors (Lipinski definition) is 5. The molecule has 33 heavy (non-hydrogen) atoms. The first-order chi connectivity index (χ1) is 16.1. The van der Waals surface area contributed by atoms with Gasteiger partial charge in [-0.05, 0) is 24.3 Å². The van der Waals surface area contributed by atoms with Gasteiger partial charge < -0.3 is 19.4 Å². The van der Waals surface area contributed by atoms with Crippen LogP contribution in [0, 0.1) is 0 Å².